The zero-order valence-corrected chi connectivity index (χ0v) is 15.4. The molecule has 28 heavy (non-hydrogen) atoms. The molecule has 0 unspecified atom stereocenters. The third-order valence-corrected chi connectivity index (χ3v) is 4.87. The van der Waals surface area contributed by atoms with Crippen molar-refractivity contribution in [3.8, 4) is 5.75 Å². The van der Waals surface area contributed by atoms with E-state index in [0.29, 0.717) is 17.0 Å². The summed E-state index contributed by atoms with van der Waals surface area (Å²) in [4.78, 5) is 43.1. The van der Waals surface area contributed by atoms with Gasteiger partial charge in [-0.15, -0.1) is 0 Å². The monoisotopic (exact) mass is 378 g/mol. The van der Waals surface area contributed by atoms with Crippen LogP contribution in [0.3, 0.4) is 0 Å². The Balaban J connectivity index is 2.07. The molecular formula is C21H18N2O5. The van der Waals surface area contributed by atoms with Crippen LogP contribution in [0.1, 0.15) is 12.0 Å². The Morgan fingerprint density at radius 1 is 1.11 bits per heavy atom. The molecule has 0 bridgehead atoms. The largest absolute Gasteiger partial charge is 0.497 e. The van der Waals surface area contributed by atoms with Gasteiger partial charge in [0.2, 0.25) is 11.8 Å². The van der Waals surface area contributed by atoms with Crippen molar-refractivity contribution in [1.82, 2.24) is 0 Å². The number of carbonyl (C=O) groups is 3. The molecule has 0 saturated carbocycles. The lowest BCUT2D eigenvalue weighted by Gasteiger charge is -2.24. The Hall–Kier alpha value is -3.66. The molecule has 7 nitrogen and oxygen atoms in total. The highest BCUT2D eigenvalue weighted by Crippen LogP contribution is 2.43. The van der Waals surface area contributed by atoms with Crippen molar-refractivity contribution in [2.24, 2.45) is 5.92 Å². The molecule has 1 aliphatic heterocycles. The maximum absolute atomic E-state index is 13.2. The minimum absolute atomic E-state index is 0.267. The predicted molar refractivity (Wildman–Crippen MR) is 100 cm³/mol. The summed E-state index contributed by atoms with van der Waals surface area (Å²) in [7, 11) is 2.67. The average Bonchev–Trinajstić information content (AvgIpc) is 3.04. The molecule has 0 aromatic heterocycles. The number of imide groups is 1. The summed E-state index contributed by atoms with van der Waals surface area (Å²) in [5.41, 5.74) is -1.25. The Morgan fingerprint density at radius 3 is 2.29 bits per heavy atom. The number of benzene rings is 2. The summed E-state index contributed by atoms with van der Waals surface area (Å²) < 4.78 is 9.97. The molecule has 1 heterocycles. The topological polar surface area (TPSA) is 77.3 Å². The van der Waals surface area contributed by atoms with Gasteiger partial charge in [-0.2, -0.15) is 0 Å². The van der Waals surface area contributed by atoms with E-state index in [1.807, 2.05) is 0 Å². The quantitative estimate of drug-likeness (QED) is 0.454. The first-order valence-corrected chi connectivity index (χ1v) is 8.53. The number of ether oxygens (including phenoxy) is 2. The van der Waals surface area contributed by atoms with Crippen molar-refractivity contribution in [2.45, 2.75) is 12.0 Å². The van der Waals surface area contributed by atoms with Gasteiger partial charge < -0.3 is 9.47 Å². The van der Waals surface area contributed by atoms with Crippen molar-refractivity contribution in [3.05, 3.63) is 71.6 Å². The summed E-state index contributed by atoms with van der Waals surface area (Å²) in [6, 6.07) is 14.7. The molecule has 7 heteroatoms. The standard InChI is InChI=1S/C21H18N2O5/c1-22-21(20(26)28-3,14-7-5-4-6-8-14)17-13-18(24)23(19(17)25)15-9-11-16(27-2)12-10-15/h4-12,17H,13H2,2-3H3/t17-,21-/m0/s1. The van der Waals surface area contributed by atoms with E-state index >= 15 is 0 Å². The molecular weight excluding hydrogens is 360 g/mol. The van der Waals surface area contributed by atoms with Gasteiger partial charge in [0.05, 0.1) is 19.9 Å². The smallest absolute Gasteiger partial charge is 0.399 e. The first-order valence-electron chi connectivity index (χ1n) is 8.53. The summed E-state index contributed by atoms with van der Waals surface area (Å²) in [6.07, 6.45) is -0.267. The Morgan fingerprint density at radius 2 is 1.75 bits per heavy atom. The summed E-state index contributed by atoms with van der Waals surface area (Å²) in [5.74, 6) is -2.56. The predicted octanol–water partition coefficient (Wildman–Crippen LogP) is 2.56. The van der Waals surface area contributed by atoms with Crippen molar-refractivity contribution < 1.29 is 23.9 Å². The summed E-state index contributed by atoms with van der Waals surface area (Å²) >= 11 is 0. The summed E-state index contributed by atoms with van der Waals surface area (Å²) in [6.45, 7) is 7.75. The molecule has 0 spiro atoms. The number of nitrogens with zero attached hydrogens (tertiary/aromatic N) is 2. The lowest BCUT2D eigenvalue weighted by atomic mass is 9.77. The molecule has 2 aromatic rings. The maximum atomic E-state index is 13.2. The van der Waals surface area contributed by atoms with Crippen LogP contribution >= 0.6 is 0 Å². The van der Waals surface area contributed by atoms with Gasteiger partial charge in [-0.1, -0.05) is 30.3 Å². The second-order valence-corrected chi connectivity index (χ2v) is 6.26. The van der Waals surface area contributed by atoms with E-state index in [0.717, 1.165) is 12.0 Å². The molecule has 0 radical (unpaired) electrons. The highest BCUT2D eigenvalue weighted by atomic mass is 16.5. The first kappa shape index (κ1) is 19.1. The molecule has 2 aromatic carbocycles. The molecule has 2 amide bonds. The highest BCUT2D eigenvalue weighted by Gasteiger charge is 2.63. The second kappa shape index (κ2) is 7.53. The molecule has 1 aliphatic rings. The number of hydrogen-bond acceptors (Lipinski definition) is 5. The van der Waals surface area contributed by atoms with Crippen LogP contribution in [0.4, 0.5) is 5.69 Å². The maximum Gasteiger partial charge on any atom is 0.399 e. The highest BCUT2D eigenvalue weighted by molar-refractivity contribution is 6.22. The van der Waals surface area contributed by atoms with Crippen molar-refractivity contribution in [2.75, 3.05) is 19.1 Å². The van der Waals surface area contributed by atoms with Crippen LogP contribution in [0.25, 0.3) is 4.85 Å². The van der Waals surface area contributed by atoms with Crippen LogP contribution in [0.15, 0.2) is 54.6 Å². The molecule has 2 atom stereocenters. The normalized spacial score (nSPS) is 18.3. The van der Waals surface area contributed by atoms with Crippen LogP contribution in [-0.2, 0) is 24.7 Å². The van der Waals surface area contributed by atoms with Crippen molar-refractivity contribution >= 4 is 23.5 Å². The van der Waals surface area contributed by atoms with Crippen molar-refractivity contribution in [1.29, 1.82) is 0 Å². The number of rotatable bonds is 5. The fourth-order valence-corrected chi connectivity index (χ4v) is 3.46. The molecule has 0 aliphatic carbocycles. The Bertz CT molecular complexity index is 949. The van der Waals surface area contributed by atoms with Crippen LogP contribution in [-0.4, -0.2) is 32.0 Å². The zero-order chi connectivity index (χ0) is 20.3. The molecule has 142 valence electrons. The van der Waals surface area contributed by atoms with Crippen LogP contribution in [0, 0.1) is 12.5 Å². The third kappa shape index (κ3) is 2.89. The number of esters is 1. The Labute approximate surface area is 162 Å². The minimum atomic E-state index is -1.93. The van der Waals surface area contributed by atoms with Gasteiger partial charge in [-0.3, -0.25) is 14.4 Å². The van der Waals surface area contributed by atoms with Gasteiger partial charge in [0.1, 0.15) is 11.7 Å². The van der Waals surface area contributed by atoms with Gasteiger partial charge >= 0.3 is 11.5 Å². The van der Waals surface area contributed by atoms with Crippen LogP contribution in [0.2, 0.25) is 0 Å². The number of anilines is 1. The fraction of sp³-hybridized carbons (Fsp3) is 0.238. The number of hydrogen-bond donors (Lipinski definition) is 0. The SMILES string of the molecule is [C-]#[N+][C@@](C(=O)OC)(c1ccccc1)[C@H]1CC(=O)N(c2ccc(OC)cc2)C1=O. The third-order valence-electron chi connectivity index (χ3n) is 4.87. The fourth-order valence-electron chi connectivity index (χ4n) is 3.46. The first-order chi connectivity index (χ1) is 13.5. The second-order valence-electron chi connectivity index (χ2n) is 6.26. The van der Waals surface area contributed by atoms with Crippen LogP contribution < -0.4 is 9.64 Å². The van der Waals surface area contributed by atoms with Gasteiger partial charge in [-0.05, 0) is 24.3 Å². The lowest BCUT2D eigenvalue weighted by Crippen LogP contribution is -2.45. The molecule has 0 N–H and O–H groups in total. The summed E-state index contributed by atoms with van der Waals surface area (Å²) in [5, 5.41) is 0. The van der Waals surface area contributed by atoms with E-state index in [9.17, 15) is 14.4 Å². The van der Waals surface area contributed by atoms with Gasteiger partial charge in [0, 0.05) is 12.0 Å². The number of carbonyl (C=O) groups excluding carboxylic acids is 3. The van der Waals surface area contributed by atoms with Crippen molar-refractivity contribution in [3.63, 3.8) is 0 Å². The number of amides is 2. The van der Waals surface area contributed by atoms with Crippen LogP contribution in [0.5, 0.6) is 5.75 Å². The van der Waals surface area contributed by atoms with Gasteiger partial charge in [-0.25, -0.2) is 16.3 Å². The Kier molecular flexibility index (Phi) is 5.14. The minimum Gasteiger partial charge on any atom is -0.497 e. The lowest BCUT2D eigenvalue weighted by molar-refractivity contribution is -0.149. The van der Waals surface area contributed by atoms with E-state index in [2.05, 4.69) is 4.85 Å². The average molecular weight is 378 g/mol. The van der Waals surface area contributed by atoms with Gasteiger partial charge in [0.25, 0.3) is 0 Å². The number of methoxy groups -OCH3 is 2. The van der Waals surface area contributed by atoms with E-state index < -0.39 is 29.2 Å². The van der Waals surface area contributed by atoms with E-state index in [1.165, 1.54) is 7.11 Å². The van der Waals surface area contributed by atoms with E-state index in [-0.39, 0.29) is 6.42 Å². The van der Waals surface area contributed by atoms with Gasteiger partial charge in [0.15, 0.2) is 0 Å². The molecule has 3 rings (SSSR count). The molecule has 1 fully saturated rings. The van der Waals surface area contributed by atoms with E-state index in [1.54, 1.807) is 54.6 Å². The zero-order valence-electron chi connectivity index (χ0n) is 15.4. The van der Waals surface area contributed by atoms with E-state index in [4.69, 9.17) is 16.0 Å². The molecule has 1 saturated heterocycles.